The molecule has 3 aromatic carbocycles. The number of rotatable bonds is 5. The molecule has 1 aliphatic heterocycles. The Morgan fingerprint density at radius 3 is 2.29 bits per heavy atom. The molecule has 0 fully saturated rings. The van der Waals surface area contributed by atoms with Crippen LogP contribution in [0.1, 0.15) is 34.0 Å². The third-order valence-corrected chi connectivity index (χ3v) is 6.82. The maximum Gasteiger partial charge on any atom is 0.258 e. The van der Waals surface area contributed by atoms with Crippen molar-refractivity contribution in [1.29, 1.82) is 0 Å². The Kier molecular flexibility index (Phi) is 5.58. The molecule has 5 nitrogen and oxygen atoms in total. The van der Waals surface area contributed by atoms with Gasteiger partial charge in [0.05, 0.1) is 18.5 Å². The van der Waals surface area contributed by atoms with Crippen LogP contribution in [0.4, 0.5) is 11.4 Å². The number of amides is 1. The highest BCUT2D eigenvalue weighted by molar-refractivity contribution is 7.92. The van der Waals surface area contributed by atoms with E-state index in [2.05, 4.69) is 6.07 Å². The van der Waals surface area contributed by atoms with E-state index in [1.165, 1.54) is 16.1 Å². The number of aryl methyl sites for hydroxylation is 1. The minimum Gasteiger partial charge on any atom is -0.305 e. The summed E-state index contributed by atoms with van der Waals surface area (Å²) in [5.74, 6) is -0.0755. The van der Waals surface area contributed by atoms with Gasteiger partial charge in [-0.2, -0.15) is 0 Å². The summed E-state index contributed by atoms with van der Waals surface area (Å²) < 4.78 is 26.3. The SMILES string of the molecule is Cc1ccc(CN(c2ccc(C(=O)N3c4ccccc4C[C@@H]3C)cc2)S(C)(=O)=O)cc1. The van der Waals surface area contributed by atoms with Gasteiger partial charge in [0.25, 0.3) is 5.91 Å². The first-order chi connectivity index (χ1) is 14.7. The molecule has 0 N–H and O–H groups in total. The van der Waals surface area contributed by atoms with E-state index in [1.54, 1.807) is 24.3 Å². The number of hydrogen-bond acceptors (Lipinski definition) is 3. The van der Waals surface area contributed by atoms with Gasteiger partial charge in [0.15, 0.2) is 0 Å². The minimum absolute atomic E-state index is 0.0755. The van der Waals surface area contributed by atoms with Gasteiger partial charge < -0.3 is 4.90 Å². The Morgan fingerprint density at radius 2 is 1.65 bits per heavy atom. The highest BCUT2D eigenvalue weighted by atomic mass is 32.2. The molecule has 0 aromatic heterocycles. The van der Waals surface area contributed by atoms with Crippen LogP contribution in [0.25, 0.3) is 0 Å². The molecule has 0 radical (unpaired) electrons. The highest BCUT2D eigenvalue weighted by Gasteiger charge is 2.31. The molecule has 6 heteroatoms. The molecule has 1 aliphatic rings. The van der Waals surface area contributed by atoms with Crippen molar-refractivity contribution in [2.75, 3.05) is 15.5 Å². The topological polar surface area (TPSA) is 57.7 Å². The molecule has 0 unspecified atom stereocenters. The summed E-state index contributed by atoms with van der Waals surface area (Å²) >= 11 is 0. The number of benzene rings is 3. The summed E-state index contributed by atoms with van der Waals surface area (Å²) in [6, 6.07) is 22.6. The Balaban J connectivity index is 1.60. The largest absolute Gasteiger partial charge is 0.305 e. The molecule has 1 heterocycles. The molecular formula is C25H26N2O3S. The maximum absolute atomic E-state index is 13.2. The van der Waals surface area contributed by atoms with Crippen LogP contribution in [0, 0.1) is 6.92 Å². The minimum atomic E-state index is -3.49. The van der Waals surface area contributed by atoms with Gasteiger partial charge in [-0.25, -0.2) is 8.42 Å². The molecule has 0 aliphatic carbocycles. The van der Waals surface area contributed by atoms with E-state index >= 15 is 0 Å². The van der Waals surface area contributed by atoms with E-state index < -0.39 is 10.0 Å². The number of anilines is 2. The maximum atomic E-state index is 13.2. The molecule has 0 bridgehead atoms. The van der Waals surface area contributed by atoms with E-state index in [-0.39, 0.29) is 18.5 Å². The van der Waals surface area contributed by atoms with E-state index in [4.69, 9.17) is 0 Å². The lowest BCUT2D eigenvalue weighted by molar-refractivity contribution is 0.0981. The second-order valence-corrected chi connectivity index (χ2v) is 10.1. The third kappa shape index (κ3) is 4.35. The number of carbonyl (C=O) groups is 1. The van der Waals surface area contributed by atoms with Crippen LogP contribution in [0.5, 0.6) is 0 Å². The van der Waals surface area contributed by atoms with Crippen LogP contribution in [0.2, 0.25) is 0 Å². The second-order valence-electron chi connectivity index (χ2n) is 8.16. The first kappa shape index (κ1) is 21.1. The monoisotopic (exact) mass is 434 g/mol. The smallest absolute Gasteiger partial charge is 0.258 e. The molecule has 0 saturated heterocycles. The fourth-order valence-corrected chi connectivity index (χ4v) is 4.93. The van der Waals surface area contributed by atoms with Crippen LogP contribution in [0.15, 0.2) is 72.8 Å². The number of sulfonamides is 1. The number of nitrogens with zero attached hydrogens (tertiary/aromatic N) is 2. The fraction of sp³-hybridized carbons (Fsp3) is 0.240. The van der Waals surface area contributed by atoms with Gasteiger partial charge in [-0.1, -0.05) is 48.0 Å². The van der Waals surface area contributed by atoms with Gasteiger partial charge >= 0.3 is 0 Å². The lowest BCUT2D eigenvalue weighted by Gasteiger charge is -2.25. The average molecular weight is 435 g/mol. The van der Waals surface area contributed by atoms with E-state index in [1.807, 2.05) is 61.2 Å². The van der Waals surface area contributed by atoms with Crippen molar-refractivity contribution >= 4 is 27.3 Å². The van der Waals surface area contributed by atoms with Crippen LogP contribution in [-0.4, -0.2) is 26.6 Å². The zero-order valence-corrected chi connectivity index (χ0v) is 18.8. The zero-order chi connectivity index (χ0) is 22.2. The summed E-state index contributed by atoms with van der Waals surface area (Å²) in [4.78, 5) is 15.0. The summed E-state index contributed by atoms with van der Waals surface area (Å²) in [5.41, 5.74) is 5.21. The Bertz CT molecular complexity index is 1200. The van der Waals surface area contributed by atoms with Crippen molar-refractivity contribution in [3.05, 3.63) is 95.1 Å². The van der Waals surface area contributed by atoms with Crippen LogP contribution < -0.4 is 9.21 Å². The molecular weight excluding hydrogens is 408 g/mol. The van der Waals surface area contributed by atoms with Crippen molar-refractivity contribution in [2.24, 2.45) is 0 Å². The first-order valence-corrected chi connectivity index (χ1v) is 12.1. The zero-order valence-electron chi connectivity index (χ0n) is 17.9. The Labute approximate surface area is 184 Å². The lowest BCUT2D eigenvalue weighted by Crippen LogP contribution is -2.35. The predicted molar refractivity (Wildman–Crippen MR) is 125 cm³/mol. The predicted octanol–water partition coefficient (Wildman–Crippen LogP) is 4.55. The molecule has 160 valence electrons. The van der Waals surface area contributed by atoms with E-state index in [9.17, 15) is 13.2 Å². The third-order valence-electron chi connectivity index (χ3n) is 5.68. The van der Waals surface area contributed by atoms with E-state index in [0.29, 0.717) is 11.3 Å². The summed E-state index contributed by atoms with van der Waals surface area (Å²) in [6.45, 7) is 4.27. The van der Waals surface area contributed by atoms with Crippen LogP contribution in [-0.2, 0) is 23.0 Å². The van der Waals surface area contributed by atoms with Crippen LogP contribution in [0.3, 0.4) is 0 Å². The lowest BCUT2D eigenvalue weighted by atomic mass is 10.1. The van der Waals surface area contributed by atoms with Gasteiger partial charge in [0.1, 0.15) is 0 Å². The van der Waals surface area contributed by atoms with Crippen molar-refractivity contribution < 1.29 is 13.2 Å². The van der Waals surface area contributed by atoms with E-state index in [0.717, 1.165) is 23.2 Å². The molecule has 0 saturated carbocycles. The Hall–Kier alpha value is -3.12. The normalized spacial score (nSPS) is 15.6. The number of para-hydroxylation sites is 1. The summed E-state index contributed by atoms with van der Waals surface area (Å²) in [7, 11) is -3.49. The van der Waals surface area contributed by atoms with Gasteiger partial charge in [0.2, 0.25) is 10.0 Å². The fourth-order valence-electron chi connectivity index (χ4n) is 4.04. The number of fused-ring (bicyclic) bond motifs is 1. The van der Waals surface area contributed by atoms with Crippen LogP contribution >= 0.6 is 0 Å². The Morgan fingerprint density at radius 1 is 1.00 bits per heavy atom. The standard InChI is InChI=1S/C25H26N2O3S/c1-18-8-10-20(11-9-18)17-26(31(3,29)30)23-14-12-21(13-15-23)25(28)27-19(2)16-22-6-4-5-7-24(22)27/h4-15,19H,16-17H2,1-3H3/t19-/m0/s1. The second kappa shape index (κ2) is 8.19. The molecule has 1 amide bonds. The van der Waals surface area contributed by atoms with Crippen molar-refractivity contribution in [2.45, 2.75) is 32.9 Å². The summed E-state index contributed by atoms with van der Waals surface area (Å²) in [6.07, 6.45) is 2.03. The molecule has 0 spiro atoms. The molecule has 3 aromatic rings. The average Bonchev–Trinajstić information content (AvgIpc) is 3.08. The number of hydrogen-bond donors (Lipinski definition) is 0. The molecule has 1 atom stereocenters. The van der Waals surface area contributed by atoms with Gasteiger partial charge in [0, 0.05) is 17.3 Å². The molecule has 31 heavy (non-hydrogen) atoms. The van der Waals surface area contributed by atoms with Gasteiger partial charge in [-0.05, 0) is 61.7 Å². The van der Waals surface area contributed by atoms with Crippen molar-refractivity contribution in [1.82, 2.24) is 0 Å². The highest BCUT2D eigenvalue weighted by Crippen LogP contribution is 2.33. The van der Waals surface area contributed by atoms with Gasteiger partial charge in [-0.15, -0.1) is 0 Å². The van der Waals surface area contributed by atoms with Crippen molar-refractivity contribution in [3.8, 4) is 0 Å². The quantitative estimate of drug-likeness (QED) is 0.592. The molecule has 4 rings (SSSR count). The van der Waals surface area contributed by atoms with Gasteiger partial charge in [-0.3, -0.25) is 9.10 Å². The van der Waals surface area contributed by atoms with Crippen molar-refractivity contribution in [3.63, 3.8) is 0 Å². The first-order valence-electron chi connectivity index (χ1n) is 10.3. The number of carbonyl (C=O) groups excluding carboxylic acids is 1. The summed E-state index contributed by atoms with van der Waals surface area (Å²) in [5, 5.41) is 0.